The lowest BCUT2D eigenvalue weighted by Crippen LogP contribution is -2.53. The number of nitrogens with one attached hydrogen (secondary N) is 2. The number of rotatable bonds is 4. The number of aliphatic hydroxyl groups is 1. The fourth-order valence-corrected chi connectivity index (χ4v) is 2.05. The molecule has 0 aliphatic carbocycles. The maximum Gasteiger partial charge on any atom is 0.252 e. The summed E-state index contributed by atoms with van der Waals surface area (Å²) in [4.78, 5) is 26.4. The zero-order valence-electron chi connectivity index (χ0n) is 11.9. The van der Waals surface area contributed by atoms with E-state index in [2.05, 4.69) is 15.8 Å². The molecule has 1 aliphatic rings. The Bertz CT molecular complexity index is 319. The molecule has 0 unspecified atom stereocenters. The zero-order valence-corrected chi connectivity index (χ0v) is 11.9. The van der Waals surface area contributed by atoms with Gasteiger partial charge in [-0.3, -0.25) is 30.2 Å². The van der Waals surface area contributed by atoms with E-state index in [0.717, 1.165) is 26.2 Å². The molecule has 0 atom stereocenters. The van der Waals surface area contributed by atoms with Crippen molar-refractivity contribution in [1.29, 1.82) is 0 Å². The maximum absolute atomic E-state index is 11.5. The lowest BCUT2D eigenvalue weighted by molar-refractivity contribution is -0.128. The van der Waals surface area contributed by atoms with Crippen molar-refractivity contribution in [2.45, 2.75) is 26.4 Å². The number of piperazine rings is 1. The average Bonchev–Trinajstić information content (AvgIpc) is 2.27. The second-order valence-corrected chi connectivity index (χ2v) is 5.59. The van der Waals surface area contributed by atoms with Crippen LogP contribution in [0.1, 0.15) is 20.8 Å². The van der Waals surface area contributed by atoms with Crippen LogP contribution in [0.4, 0.5) is 0 Å². The first kappa shape index (κ1) is 15.9. The molecule has 0 aromatic heterocycles. The number of carbonyl (C=O) groups excluding carboxylic acids is 2. The van der Waals surface area contributed by atoms with Gasteiger partial charge >= 0.3 is 0 Å². The van der Waals surface area contributed by atoms with Crippen molar-refractivity contribution in [3.63, 3.8) is 0 Å². The molecule has 19 heavy (non-hydrogen) atoms. The summed E-state index contributed by atoms with van der Waals surface area (Å²) in [7, 11) is 0. The molecule has 1 rings (SSSR count). The van der Waals surface area contributed by atoms with Crippen LogP contribution in [0.3, 0.4) is 0 Å². The van der Waals surface area contributed by atoms with Gasteiger partial charge in [0.2, 0.25) is 5.91 Å². The molecule has 3 N–H and O–H groups in total. The van der Waals surface area contributed by atoms with Crippen molar-refractivity contribution < 1.29 is 14.7 Å². The van der Waals surface area contributed by atoms with E-state index < -0.39 is 5.60 Å². The topological polar surface area (TPSA) is 84.9 Å². The van der Waals surface area contributed by atoms with E-state index in [0.29, 0.717) is 6.54 Å². The minimum atomic E-state index is -0.690. The summed E-state index contributed by atoms with van der Waals surface area (Å²) in [5.74, 6) is -0.505. The Balaban J connectivity index is 2.23. The third-order valence-electron chi connectivity index (χ3n) is 2.82. The van der Waals surface area contributed by atoms with Crippen LogP contribution in [0.15, 0.2) is 0 Å². The molecule has 7 nitrogen and oxygen atoms in total. The quantitative estimate of drug-likeness (QED) is 0.545. The molecule has 0 spiro atoms. The van der Waals surface area contributed by atoms with Gasteiger partial charge in [0.15, 0.2) is 0 Å². The minimum Gasteiger partial charge on any atom is -0.389 e. The van der Waals surface area contributed by atoms with E-state index in [1.807, 2.05) is 4.90 Å². The number of nitrogens with zero attached hydrogens (tertiary/aromatic N) is 2. The fourth-order valence-electron chi connectivity index (χ4n) is 2.05. The maximum atomic E-state index is 11.5. The summed E-state index contributed by atoms with van der Waals surface area (Å²) in [6, 6.07) is 0. The summed E-state index contributed by atoms with van der Waals surface area (Å²) >= 11 is 0. The van der Waals surface area contributed by atoms with Gasteiger partial charge in [-0.25, -0.2) is 0 Å². The summed E-state index contributed by atoms with van der Waals surface area (Å²) in [6.07, 6.45) is 0. The molecule has 0 radical (unpaired) electrons. The average molecular weight is 272 g/mol. The van der Waals surface area contributed by atoms with Crippen molar-refractivity contribution in [3.8, 4) is 0 Å². The van der Waals surface area contributed by atoms with Gasteiger partial charge in [-0.1, -0.05) is 0 Å². The molecule has 1 saturated heterocycles. The van der Waals surface area contributed by atoms with E-state index in [-0.39, 0.29) is 18.4 Å². The Morgan fingerprint density at radius 3 is 2.11 bits per heavy atom. The van der Waals surface area contributed by atoms with E-state index in [1.165, 1.54) is 6.92 Å². The molecule has 1 heterocycles. The Kier molecular flexibility index (Phi) is 5.71. The van der Waals surface area contributed by atoms with Crippen LogP contribution < -0.4 is 10.9 Å². The predicted octanol–water partition coefficient (Wildman–Crippen LogP) is -1.46. The third-order valence-corrected chi connectivity index (χ3v) is 2.82. The van der Waals surface area contributed by atoms with Crippen LogP contribution in [0.5, 0.6) is 0 Å². The van der Waals surface area contributed by atoms with E-state index in [4.69, 9.17) is 0 Å². The molecule has 1 aliphatic heterocycles. The lowest BCUT2D eigenvalue weighted by Gasteiger charge is -2.36. The van der Waals surface area contributed by atoms with Crippen LogP contribution in [0.25, 0.3) is 0 Å². The number of amides is 2. The Labute approximate surface area is 113 Å². The normalized spacial score (nSPS) is 18.1. The van der Waals surface area contributed by atoms with Crippen molar-refractivity contribution in [3.05, 3.63) is 0 Å². The van der Waals surface area contributed by atoms with Gasteiger partial charge in [0.25, 0.3) is 5.91 Å². The minimum absolute atomic E-state index is 0.217. The Morgan fingerprint density at radius 1 is 1.11 bits per heavy atom. The van der Waals surface area contributed by atoms with Crippen LogP contribution in [-0.2, 0) is 9.59 Å². The molecule has 0 aromatic carbocycles. The standard InChI is InChI=1S/C12H24N4O3/c1-10(17)13-14-11(18)8-15-4-6-16(7-5-15)9-12(2,3)19/h19H,4-9H2,1-3H3,(H,13,17)(H,14,18). The smallest absolute Gasteiger partial charge is 0.252 e. The molecule has 0 bridgehead atoms. The predicted molar refractivity (Wildman–Crippen MR) is 71.1 cm³/mol. The van der Waals surface area contributed by atoms with Gasteiger partial charge in [-0.05, 0) is 13.8 Å². The van der Waals surface area contributed by atoms with Crippen LogP contribution in [0, 0.1) is 0 Å². The molecule has 110 valence electrons. The number of hydrazine groups is 1. The molecule has 7 heteroatoms. The number of hydrogen-bond donors (Lipinski definition) is 3. The van der Waals surface area contributed by atoms with E-state index in [9.17, 15) is 14.7 Å². The molecule has 0 saturated carbocycles. The second-order valence-electron chi connectivity index (χ2n) is 5.59. The largest absolute Gasteiger partial charge is 0.389 e. The number of β-amino-alcohol motifs (C(OH)–C–C–N with tert-alkyl or cyclic N) is 1. The highest BCUT2D eigenvalue weighted by atomic mass is 16.3. The molecule has 0 aromatic rings. The highest BCUT2D eigenvalue weighted by Gasteiger charge is 2.23. The second kappa shape index (κ2) is 6.83. The van der Waals surface area contributed by atoms with Gasteiger partial charge < -0.3 is 5.11 Å². The molecule has 2 amide bonds. The SMILES string of the molecule is CC(=O)NNC(=O)CN1CCN(CC(C)(C)O)CC1. The van der Waals surface area contributed by atoms with Gasteiger partial charge in [0.05, 0.1) is 12.1 Å². The van der Waals surface area contributed by atoms with E-state index >= 15 is 0 Å². The Hall–Kier alpha value is -1.18. The highest BCUT2D eigenvalue weighted by Crippen LogP contribution is 2.08. The van der Waals surface area contributed by atoms with Crippen molar-refractivity contribution in [2.75, 3.05) is 39.3 Å². The third kappa shape index (κ3) is 7.09. The van der Waals surface area contributed by atoms with Crippen LogP contribution >= 0.6 is 0 Å². The van der Waals surface area contributed by atoms with Crippen molar-refractivity contribution in [2.24, 2.45) is 0 Å². The number of carbonyl (C=O) groups is 2. The summed E-state index contributed by atoms with van der Waals surface area (Å²) < 4.78 is 0. The summed E-state index contributed by atoms with van der Waals surface area (Å²) in [5, 5.41) is 9.74. The first-order valence-corrected chi connectivity index (χ1v) is 6.49. The lowest BCUT2D eigenvalue weighted by atomic mass is 10.1. The van der Waals surface area contributed by atoms with Gasteiger partial charge in [0.1, 0.15) is 0 Å². The zero-order chi connectivity index (χ0) is 14.5. The van der Waals surface area contributed by atoms with E-state index in [1.54, 1.807) is 13.8 Å². The van der Waals surface area contributed by atoms with Crippen LogP contribution in [-0.4, -0.2) is 71.6 Å². The van der Waals surface area contributed by atoms with Crippen molar-refractivity contribution in [1.82, 2.24) is 20.7 Å². The highest BCUT2D eigenvalue weighted by molar-refractivity contribution is 5.81. The summed E-state index contributed by atoms with van der Waals surface area (Å²) in [6.45, 7) is 9.06. The van der Waals surface area contributed by atoms with Crippen LogP contribution in [0.2, 0.25) is 0 Å². The first-order valence-electron chi connectivity index (χ1n) is 6.49. The molecule has 1 fully saturated rings. The summed E-state index contributed by atoms with van der Waals surface area (Å²) in [5.41, 5.74) is 3.92. The van der Waals surface area contributed by atoms with Gasteiger partial charge in [0, 0.05) is 39.6 Å². The number of hydrogen-bond acceptors (Lipinski definition) is 5. The Morgan fingerprint density at radius 2 is 1.63 bits per heavy atom. The van der Waals surface area contributed by atoms with Gasteiger partial charge in [-0.15, -0.1) is 0 Å². The van der Waals surface area contributed by atoms with Gasteiger partial charge in [-0.2, -0.15) is 0 Å². The van der Waals surface area contributed by atoms with Crippen molar-refractivity contribution >= 4 is 11.8 Å². The first-order chi connectivity index (χ1) is 8.76. The monoisotopic (exact) mass is 272 g/mol. The fraction of sp³-hybridized carbons (Fsp3) is 0.833. The molecular formula is C12H24N4O3. The molecular weight excluding hydrogens is 248 g/mol.